The molecule has 6 heteroatoms. The van der Waals surface area contributed by atoms with Crippen molar-refractivity contribution in [3.8, 4) is 0 Å². The molecule has 1 fully saturated rings. The number of carbonyl (C=O) groups excluding carboxylic acids is 3. The van der Waals surface area contributed by atoms with E-state index in [2.05, 4.69) is 26.5 Å². The van der Waals surface area contributed by atoms with E-state index in [1.165, 1.54) is 12.2 Å². The maximum atomic E-state index is 12.8. The number of allylic oxidation sites excluding steroid dienone is 7. The van der Waals surface area contributed by atoms with Crippen molar-refractivity contribution in [2.45, 2.75) is 59.5 Å². The van der Waals surface area contributed by atoms with Crippen molar-refractivity contribution in [3.05, 3.63) is 59.8 Å². The summed E-state index contributed by atoms with van der Waals surface area (Å²) in [6.45, 7) is 11.6. The van der Waals surface area contributed by atoms with Gasteiger partial charge in [-0.3, -0.25) is 14.4 Å². The normalized spacial score (nSPS) is 28.5. The van der Waals surface area contributed by atoms with E-state index in [9.17, 15) is 24.3 Å². The van der Waals surface area contributed by atoms with Crippen LogP contribution in [0.5, 0.6) is 0 Å². The monoisotopic (exact) mass is 454 g/mol. The topological polar surface area (TPSA) is 97.7 Å². The van der Waals surface area contributed by atoms with Gasteiger partial charge in [-0.15, -0.1) is 0 Å². The van der Waals surface area contributed by atoms with Crippen molar-refractivity contribution in [1.82, 2.24) is 0 Å². The molecule has 0 amide bonds. The lowest BCUT2D eigenvalue weighted by molar-refractivity contribution is -0.152. The number of aliphatic carboxylic acids is 1. The van der Waals surface area contributed by atoms with E-state index < -0.39 is 35.3 Å². The van der Waals surface area contributed by atoms with Crippen LogP contribution in [0.3, 0.4) is 0 Å². The highest BCUT2D eigenvalue weighted by Gasteiger charge is 2.58. The number of carboxylic acid groups (broad SMARTS) is 1. The summed E-state index contributed by atoms with van der Waals surface area (Å²) in [6, 6.07) is 0. The van der Waals surface area contributed by atoms with Crippen LogP contribution in [0.2, 0.25) is 0 Å². The van der Waals surface area contributed by atoms with E-state index in [-0.39, 0.29) is 24.2 Å². The fraction of sp³-hybridized carbons (Fsp3) is 0.481. The molecule has 0 spiro atoms. The zero-order valence-electron chi connectivity index (χ0n) is 19.9. The van der Waals surface area contributed by atoms with E-state index in [1.807, 2.05) is 13.0 Å². The van der Waals surface area contributed by atoms with Gasteiger partial charge in [0, 0.05) is 17.4 Å². The number of hydrogen-bond acceptors (Lipinski definition) is 5. The molecule has 2 aliphatic carbocycles. The Hall–Kier alpha value is -3.02. The Balaban J connectivity index is 2.17. The first-order chi connectivity index (χ1) is 15.5. The van der Waals surface area contributed by atoms with Crippen LogP contribution in [0, 0.1) is 23.2 Å². The van der Waals surface area contributed by atoms with Gasteiger partial charge in [-0.1, -0.05) is 63.6 Å². The Morgan fingerprint density at radius 2 is 1.97 bits per heavy atom. The van der Waals surface area contributed by atoms with Gasteiger partial charge < -0.3 is 9.84 Å². The third-order valence-electron chi connectivity index (χ3n) is 6.86. The number of fused-ring (bicyclic) bond motifs is 1. The Morgan fingerprint density at radius 3 is 2.58 bits per heavy atom. The molecule has 0 aromatic carbocycles. The number of esters is 1. The van der Waals surface area contributed by atoms with Gasteiger partial charge in [0.1, 0.15) is 12.4 Å². The highest BCUT2D eigenvalue weighted by molar-refractivity contribution is 5.99. The molecule has 1 unspecified atom stereocenters. The molecule has 2 rings (SSSR count). The molecule has 33 heavy (non-hydrogen) atoms. The quantitative estimate of drug-likeness (QED) is 0.221. The first-order valence-corrected chi connectivity index (χ1v) is 11.4. The predicted octanol–water partition coefficient (Wildman–Crippen LogP) is 4.77. The van der Waals surface area contributed by atoms with E-state index in [1.54, 1.807) is 19.1 Å². The first kappa shape index (κ1) is 26.2. The minimum absolute atomic E-state index is 0.0808. The van der Waals surface area contributed by atoms with E-state index in [0.717, 1.165) is 12.0 Å². The summed E-state index contributed by atoms with van der Waals surface area (Å²) in [5.41, 5.74) is 0.807. The Labute approximate surface area is 195 Å². The van der Waals surface area contributed by atoms with Gasteiger partial charge in [-0.2, -0.15) is 0 Å². The smallest absolute Gasteiger partial charge is 0.331 e. The first-order valence-electron chi connectivity index (χ1n) is 11.4. The zero-order chi connectivity index (χ0) is 24.8. The third kappa shape index (κ3) is 6.06. The summed E-state index contributed by atoms with van der Waals surface area (Å²) in [7, 11) is 0. The second-order valence-electron chi connectivity index (χ2n) is 9.23. The van der Waals surface area contributed by atoms with Crippen LogP contribution in [0.25, 0.3) is 0 Å². The fourth-order valence-corrected chi connectivity index (χ4v) is 4.83. The van der Waals surface area contributed by atoms with Crippen LogP contribution in [-0.2, 0) is 23.9 Å². The maximum absolute atomic E-state index is 12.8. The van der Waals surface area contributed by atoms with Crippen molar-refractivity contribution < 1.29 is 29.0 Å². The SMILES string of the molecule is C=C(C=O)C[C@@H]1C(=O)C=C2[C@H](OC(=O)/C=C/C=C/C(C)=C/C(C)CC)CC[C@H](C(=O)O)[C@]21C. The lowest BCUT2D eigenvalue weighted by atomic mass is 9.59. The van der Waals surface area contributed by atoms with Crippen molar-refractivity contribution in [3.63, 3.8) is 0 Å². The number of hydrogen-bond donors (Lipinski definition) is 1. The molecule has 5 atom stereocenters. The van der Waals surface area contributed by atoms with Gasteiger partial charge in [0.05, 0.1) is 5.92 Å². The Bertz CT molecular complexity index is 934. The van der Waals surface area contributed by atoms with E-state index in [0.29, 0.717) is 24.2 Å². The average Bonchev–Trinajstić information content (AvgIpc) is 3.01. The molecule has 0 saturated heterocycles. The standard InChI is InChI=1S/C27H34O6/c1-6-17(2)13-18(3)9-7-8-10-25(30)33-24-12-11-20(26(31)32)27(5)21(14-19(4)16-28)23(29)15-22(24)27/h7-10,13,15-17,20-21,24H,4,6,11-12,14H2,1-3,5H3,(H,31,32)/b9-7+,10-8+,18-13+/t17?,20-,21-,24-,27+/m1/s1. The van der Waals surface area contributed by atoms with Gasteiger partial charge in [0.25, 0.3) is 0 Å². The largest absolute Gasteiger partial charge is 0.481 e. The van der Waals surface area contributed by atoms with Crippen LogP contribution < -0.4 is 0 Å². The lowest BCUT2D eigenvalue weighted by Crippen LogP contribution is -2.47. The molecule has 0 aromatic rings. The highest BCUT2D eigenvalue weighted by Crippen LogP contribution is 2.56. The van der Waals surface area contributed by atoms with Gasteiger partial charge in [0.15, 0.2) is 5.78 Å². The van der Waals surface area contributed by atoms with Crippen molar-refractivity contribution in [1.29, 1.82) is 0 Å². The fourth-order valence-electron chi connectivity index (χ4n) is 4.83. The van der Waals surface area contributed by atoms with Gasteiger partial charge >= 0.3 is 11.9 Å². The van der Waals surface area contributed by atoms with Crippen molar-refractivity contribution in [2.24, 2.45) is 23.2 Å². The number of ether oxygens (including phenoxy) is 1. The number of carboxylic acids is 1. The van der Waals surface area contributed by atoms with Gasteiger partial charge in [-0.05, 0) is 49.3 Å². The molecular formula is C27H34O6. The summed E-state index contributed by atoms with van der Waals surface area (Å²) in [5.74, 6) is -2.87. The number of aldehydes is 1. The van der Waals surface area contributed by atoms with Crippen molar-refractivity contribution in [2.75, 3.05) is 0 Å². The van der Waals surface area contributed by atoms with Crippen LogP contribution in [-0.4, -0.2) is 35.2 Å². The van der Waals surface area contributed by atoms with Crippen molar-refractivity contribution >= 4 is 24.0 Å². The number of rotatable bonds is 10. The molecule has 1 N–H and O–H groups in total. The third-order valence-corrected chi connectivity index (χ3v) is 6.86. The van der Waals surface area contributed by atoms with Crippen LogP contribution >= 0.6 is 0 Å². The summed E-state index contributed by atoms with van der Waals surface area (Å²) in [5, 5.41) is 9.81. The molecule has 6 nitrogen and oxygen atoms in total. The van der Waals surface area contributed by atoms with E-state index in [4.69, 9.17) is 4.74 Å². The summed E-state index contributed by atoms with van der Waals surface area (Å²) in [6.07, 6.45) is 11.8. The Morgan fingerprint density at radius 1 is 1.30 bits per heavy atom. The second kappa shape index (κ2) is 11.2. The molecule has 1 saturated carbocycles. The Kier molecular flexibility index (Phi) is 8.91. The molecule has 0 aliphatic heterocycles. The second-order valence-corrected chi connectivity index (χ2v) is 9.23. The molecule has 0 bridgehead atoms. The average molecular weight is 455 g/mol. The van der Waals surface area contributed by atoms with Gasteiger partial charge in [0.2, 0.25) is 0 Å². The maximum Gasteiger partial charge on any atom is 0.331 e. The van der Waals surface area contributed by atoms with Crippen LogP contribution in [0.1, 0.15) is 53.4 Å². The molecule has 0 aromatic heterocycles. The molecular weight excluding hydrogens is 420 g/mol. The number of ketones is 1. The number of carbonyl (C=O) groups is 4. The molecule has 0 radical (unpaired) electrons. The summed E-state index contributed by atoms with van der Waals surface area (Å²) < 4.78 is 5.64. The summed E-state index contributed by atoms with van der Waals surface area (Å²) in [4.78, 5) is 48.3. The zero-order valence-corrected chi connectivity index (χ0v) is 19.9. The highest BCUT2D eigenvalue weighted by atomic mass is 16.5. The minimum Gasteiger partial charge on any atom is -0.481 e. The molecule has 2 aliphatic rings. The molecule has 178 valence electrons. The van der Waals surface area contributed by atoms with Gasteiger partial charge in [-0.25, -0.2) is 4.79 Å². The van der Waals surface area contributed by atoms with E-state index >= 15 is 0 Å². The minimum atomic E-state index is -1.04. The molecule has 0 heterocycles. The van der Waals surface area contributed by atoms with Crippen LogP contribution in [0.15, 0.2) is 59.8 Å². The predicted molar refractivity (Wildman–Crippen MR) is 126 cm³/mol. The van der Waals surface area contributed by atoms with Crippen LogP contribution in [0.4, 0.5) is 0 Å². The lowest BCUT2D eigenvalue weighted by Gasteiger charge is -2.45. The summed E-state index contributed by atoms with van der Waals surface area (Å²) >= 11 is 0.